The highest BCUT2D eigenvalue weighted by Crippen LogP contribution is 2.40. The highest BCUT2D eigenvalue weighted by Gasteiger charge is 2.26. The van der Waals surface area contributed by atoms with Crippen LogP contribution in [0.4, 0.5) is 0 Å². The van der Waals surface area contributed by atoms with Crippen molar-refractivity contribution in [1.82, 2.24) is 0 Å². The molecule has 1 atom stereocenters. The standard InChI is InChI=1S/C25H36O4/c1-8-28-24(27)21(5)29-23(26)17-19(3)12-9-11-18(2)14-15-22-20(4)13-10-16-25(22,6)7/h9,11-12,14-15,17,21H,8,10,13,16H2,1-7H3/b12-9+,15-14+,18-11+,19-17+/t21-/m1/s1. The Kier molecular flexibility index (Phi) is 9.87. The predicted molar refractivity (Wildman–Crippen MR) is 118 cm³/mol. The summed E-state index contributed by atoms with van der Waals surface area (Å²) < 4.78 is 9.86. The van der Waals surface area contributed by atoms with Crippen LogP contribution in [0.25, 0.3) is 0 Å². The smallest absolute Gasteiger partial charge is 0.347 e. The molecular weight excluding hydrogens is 364 g/mol. The molecule has 1 rings (SSSR count). The molecule has 0 saturated heterocycles. The normalized spacial score (nSPS) is 19.0. The molecule has 4 heteroatoms. The molecule has 0 aromatic carbocycles. The molecule has 160 valence electrons. The number of hydrogen-bond donors (Lipinski definition) is 0. The second-order valence-electron chi connectivity index (χ2n) is 8.25. The number of carbonyl (C=O) groups is 2. The van der Waals surface area contributed by atoms with Gasteiger partial charge in [0.05, 0.1) is 6.61 Å². The molecule has 29 heavy (non-hydrogen) atoms. The molecule has 0 spiro atoms. The Bertz CT molecular complexity index is 745. The third kappa shape index (κ3) is 8.68. The first kappa shape index (κ1) is 24.7. The van der Waals surface area contributed by atoms with Gasteiger partial charge in [0.2, 0.25) is 0 Å². The summed E-state index contributed by atoms with van der Waals surface area (Å²) in [5.41, 5.74) is 5.03. The zero-order valence-electron chi connectivity index (χ0n) is 19.0. The molecule has 0 saturated carbocycles. The van der Waals surface area contributed by atoms with Crippen LogP contribution in [0.3, 0.4) is 0 Å². The van der Waals surface area contributed by atoms with Gasteiger partial charge in [-0.3, -0.25) is 0 Å². The van der Waals surface area contributed by atoms with Crippen molar-refractivity contribution in [3.05, 3.63) is 58.7 Å². The van der Waals surface area contributed by atoms with E-state index in [0.717, 1.165) is 11.1 Å². The van der Waals surface area contributed by atoms with Crippen molar-refractivity contribution >= 4 is 11.9 Å². The first-order valence-electron chi connectivity index (χ1n) is 10.4. The molecule has 0 radical (unpaired) electrons. The molecule has 0 fully saturated rings. The molecule has 0 unspecified atom stereocenters. The van der Waals surface area contributed by atoms with Gasteiger partial charge in [0.1, 0.15) is 0 Å². The second-order valence-corrected chi connectivity index (χ2v) is 8.25. The molecular formula is C25H36O4. The van der Waals surface area contributed by atoms with Crippen LogP contribution in [0.15, 0.2) is 58.7 Å². The number of esters is 2. The molecule has 1 aliphatic rings. The lowest BCUT2D eigenvalue weighted by molar-refractivity contribution is -0.163. The maximum absolute atomic E-state index is 11.9. The summed E-state index contributed by atoms with van der Waals surface area (Å²) in [6, 6.07) is 0. The first-order chi connectivity index (χ1) is 13.6. The van der Waals surface area contributed by atoms with E-state index in [1.165, 1.54) is 43.4 Å². The maximum Gasteiger partial charge on any atom is 0.347 e. The van der Waals surface area contributed by atoms with E-state index in [1.54, 1.807) is 6.92 Å². The average Bonchev–Trinajstić information content (AvgIpc) is 2.60. The molecule has 0 aromatic heterocycles. The highest BCUT2D eigenvalue weighted by atomic mass is 16.6. The van der Waals surface area contributed by atoms with Gasteiger partial charge < -0.3 is 9.47 Å². The Morgan fingerprint density at radius 3 is 2.48 bits per heavy atom. The lowest BCUT2D eigenvalue weighted by atomic mass is 9.72. The summed E-state index contributed by atoms with van der Waals surface area (Å²) in [5, 5.41) is 0. The van der Waals surface area contributed by atoms with E-state index in [-0.39, 0.29) is 12.0 Å². The lowest BCUT2D eigenvalue weighted by Crippen LogP contribution is -2.25. The van der Waals surface area contributed by atoms with Crippen molar-refractivity contribution in [1.29, 1.82) is 0 Å². The third-order valence-electron chi connectivity index (χ3n) is 5.03. The van der Waals surface area contributed by atoms with Gasteiger partial charge in [-0.1, -0.05) is 55.4 Å². The summed E-state index contributed by atoms with van der Waals surface area (Å²) in [5.74, 6) is -1.10. The fraction of sp³-hybridized carbons (Fsp3) is 0.520. The summed E-state index contributed by atoms with van der Waals surface area (Å²) in [4.78, 5) is 23.4. The van der Waals surface area contributed by atoms with Crippen LogP contribution in [-0.4, -0.2) is 24.6 Å². The van der Waals surface area contributed by atoms with E-state index in [4.69, 9.17) is 9.47 Å². The van der Waals surface area contributed by atoms with Crippen LogP contribution in [0.5, 0.6) is 0 Å². The quantitative estimate of drug-likeness (QED) is 0.284. The van der Waals surface area contributed by atoms with Gasteiger partial charge in [0, 0.05) is 6.08 Å². The Morgan fingerprint density at radius 2 is 1.86 bits per heavy atom. The van der Waals surface area contributed by atoms with Gasteiger partial charge >= 0.3 is 11.9 Å². The number of allylic oxidation sites excluding steroid dienone is 9. The SMILES string of the molecule is CCOC(=O)[C@@H](C)OC(=O)/C=C(C)/C=C/C=C(C)/C=C/C1=C(C)CCCC1(C)C. The van der Waals surface area contributed by atoms with Crippen LogP contribution in [0.2, 0.25) is 0 Å². The van der Waals surface area contributed by atoms with E-state index >= 15 is 0 Å². The van der Waals surface area contributed by atoms with Crippen molar-refractivity contribution in [3.63, 3.8) is 0 Å². The maximum atomic E-state index is 11.9. The summed E-state index contributed by atoms with van der Waals surface area (Å²) in [6.45, 7) is 14.2. The molecule has 1 aliphatic carbocycles. The van der Waals surface area contributed by atoms with Crippen LogP contribution in [0, 0.1) is 5.41 Å². The van der Waals surface area contributed by atoms with Gasteiger partial charge in [0.25, 0.3) is 0 Å². The average molecular weight is 401 g/mol. The van der Waals surface area contributed by atoms with E-state index in [9.17, 15) is 9.59 Å². The van der Waals surface area contributed by atoms with Gasteiger partial charge in [-0.05, 0) is 70.4 Å². The van der Waals surface area contributed by atoms with Crippen molar-refractivity contribution in [2.45, 2.75) is 73.8 Å². The monoisotopic (exact) mass is 400 g/mol. The molecule has 0 N–H and O–H groups in total. The van der Waals surface area contributed by atoms with Crippen LogP contribution < -0.4 is 0 Å². The summed E-state index contributed by atoms with van der Waals surface area (Å²) in [7, 11) is 0. The summed E-state index contributed by atoms with van der Waals surface area (Å²) in [6.07, 6.45) is 14.3. The van der Waals surface area contributed by atoms with Gasteiger partial charge in [-0.2, -0.15) is 0 Å². The van der Waals surface area contributed by atoms with Gasteiger partial charge in [0.15, 0.2) is 6.10 Å². The molecule has 0 heterocycles. The van der Waals surface area contributed by atoms with E-state index in [0.29, 0.717) is 0 Å². The molecule has 0 aliphatic heterocycles. The van der Waals surface area contributed by atoms with Crippen LogP contribution in [-0.2, 0) is 19.1 Å². The molecule has 0 aromatic rings. The minimum absolute atomic E-state index is 0.231. The van der Waals surface area contributed by atoms with Gasteiger partial charge in [-0.25, -0.2) is 9.59 Å². The number of hydrogen-bond acceptors (Lipinski definition) is 4. The van der Waals surface area contributed by atoms with Crippen molar-refractivity contribution in [2.75, 3.05) is 6.61 Å². The first-order valence-corrected chi connectivity index (χ1v) is 10.4. The summed E-state index contributed by atoms with van der Waals surface area (Å²) >= 11 is 0. The minimum atomic E-state index is -0.912. The minimum Gasteiger partial charge on any atom is -0.463 e. The third-order valence-corrected chi connectivity index (χ3v) is 5.03. The fourth-order valence-electron chi connectivity index (χ4n) is 3.38. The zero-order valence-corrected chi connectivity index (χ0v) is 19.0. The Hall–Kier alpha value is -2.36. The van der Waals surface area contributed by atoms with Crippen molar-refractivity contribution in [2.24, 2.45) is 5.41 Å². The molecule has 0 bridgehead atoms. The Labute approximate surface area is 176 Å². The van der Waals surface area contributed by atoms with E-state index in [1.807, 2.05) is 25.2 Å². The lowest BCUT2D eigenvalue weighted by Gasteiger charge is -2.32. The predicted octanol–water partition coefficient (Wildman–Crippen LogP) is 6.01. The molecule has 4 nitrogen and oxygen atoms in total. The molecule has 0 amide bonds. The fourth-order valence-corrected chi connectivity index (χ4v) is 3.38. The van der Waals surface area contributed by atoms with Crippen molar-refractivity contribution in [3.8, 4) is 0 Å². The Balaban J connectivity index is 2.68. The second kappa shape index (κ2) is 11.6. The number of carbonyl (C=O) groups excluding carboxylic acids is 2. The van der Waals surface area contributed by atoms with Crippen LogP contribution in [0.1, 0.15) is 67.7 Å². The largest absolute Gasteiger partial charge is 0.463 e. The van der Waals surface area contributed by atoms with E-state index in [2.05, 4.69) is 39.8 Å². The number of rotatable bonds is 8. The van der Waals surface area contributed by atoms with Gasteiger partial charge in [-0.15, -0.1) is 0 Å². The Morgan fingerprint density at radius 1 is 1.17 bits per heavy atom. The van der Waals surface area contributed by atoms with E-state index < -0.39 is 18.0 Å². The van der Waals surface area contributed by atoms with Crippen molar-refractivity contribution < 1.29 is 19.1 Å². The zero-order chi connectivity index (χ0) is 22.0. The van der Waals surface area contributed by atoms with Crippen LogP contribution >= 0.6 is 0 Å². The number of ether oxygens (including phenoxy) is 2. The highest BCUT2D eigenvalue weighted by molar-refractivity contribution is 5.86. The topological polar surface area (TPSA) is 52.6 Å².